The number of hydrogen-bond acceptors (Lipinski definition) is 5. The molecule has 0 bridgehead atoms. The summed E-state index contributed by atoms with van der Waals surface area (Å²) in [6.07, 6.45) is 13.0. The molecule has 60 heavy (non-hydrogen) atoms. The number of allylic oxidation sites excluding steroid dienone is 4. The Bertz CT molecular complexity index is 3370. The molecule has 3 heterocycles. The Morgan fingerprint density at radius 1 is 0.617 bits per heavy atom. The molecule has 0 amide bonds. The zero-order chi connectivity index (χ0) is 41.3. The van der Waals surface area contributed by atoms with E-state index < -0.39 is 11.6 Å². The van der Waals surface area contributed by atoms with E-state index in [-0.39, 0.29) is 28.6 Å². The van der Waals surface area contributed by atoms with Crippen molar-refractivity contribution in [2.24, 2.45) is 0 Å². The molecule has 7 heteroatoms. The molecule has 0 N–H and O–H groups in total. The molecule has 0 radical (unpaired) electrons. The van der Waals surface area contributed by atoms with E-state index in [4.69, 9.17) is 15.0 Å². The lowest BCUT2D eigenvalue weighted by Gasteiger charge is -2.14. The van der Waals surface area contributed by atoms with Gasteiger partial charge in [0.15, 0.2) is 17.5 Å². The summed E-state index contributed by atoms with van der Waals surface area (Å²) < 4.78 is 33.1. The Kier molecular flexibility index (Phi) is 10.00. The van der Waals surface area contributed by atoms with Gasteiger partial charge in [0.25, 0.3) is 0 Å². The largest absolute Gasteiger partial charge is 0.254 e. The molecule has 0 aliphatic carbocycles. The van der Waals surface area contributed by atoms with Crippen LogP contribution >= 0.6 is 0 Å². The van der Waals surface area contributed by atoms with Crippen molar-refractivity contribution in [3.05, 3.63) is 203 Å². The van der Waals surface area contributed by atoms with Crippen molar-refractivity contribution in [3.8, 4) is 45.3 Å². The van der Waals surface area contributed by atoms with E-state index in [1.54, 1.807) is 30.6 Å². The number of aromatic nitrogens is 5. The Labute approximate surface area is 345 Å². The standard InChI is InChI=1S/C53H37F2N5/c1-5-7-12-34-18-22-41(33(4)32(34)3)42(11-6-2)38-20-24-45(47(54)30-38)52-58-51(40-17-16-35-13-8-9-14-37(35)29-40)59-53(60-52)46-25-21-39(31-48(46)55)43-26-28-57-50-44(43)23-19-36-15-10-27-56-49(36)50/h5-31H,2-3H2,1,4H3/b7-5-,34-12-,42-11-. The van der Waals surface area contributed by atoms with Gasteiger partial charge < -0.3 is 0 Å². The Morgan fingerprint density at radius 3 is 2.08 bits per heavy atom. The SMILES string of the molecule is C=C/C=C(/c1ccc(-c2nc(-c3ccc4ccccc4c3)nc(-c3ccc(-c4ccnc5c4ccc4cccnc45)cc3F)n2)c(F)c1)c1cc/c(=C/C=C\C)c(=C)c1C. The highest BCUT2D eigenvalue weighted by molar-refractivity contribution is 6.08. The summed E-state index contributed by atoms with van der Waals surface area (Å²) in [4.78, 5) is 23.5. The second-order valence-corrected chi connectivity index (χ2v) is 14.5. The van der Waals surface area contributed by atoms with E-state index in [2.05, 4.69) is 23.1 Å². The predicted octanol–water partition coefficient (Wildman–Crippen LogP) is 11.8. The summed E-state index contributed by atoms with van der Waals surface area (Å²) in [5, 5.41) is 5.73. The lowest BCUT2D eigenvalue weighted by atomic mass is 9.91. The minimum Gasteiger partial charge on any atom is -0.254 e. The van der Waals surface area contributed by atoms with Gasteiger partial charge in [-0.2, -0.15) is 0 Å². The number of pyridine rings is 2. The molecular weight excluding hydrogens is 745 g/mol. The molecule has 5 nitrogen and oxygen atoms in total. The van der Waals surface area contributed by atoms with E-state index in [9.17, 15) is 0 Å². The number of rotatable bonds is 8. The van der Waals surface area contributed by atoms with Crippen LogP contribution in [0.15, 0.2) is 165 Å². The lowest BCUT2D eigenvalue weighted by molar-refractivity contribution is 0.628. The Hall–Kier alpha value is -7.77. The first kappa shape index (κ1) is 37.8. The third kappa shape index (κ3) is 6.96. The minimum absolute atomic E-state index is 0.0736. The fourth-order valence-electron chi connectivity index (χ4n) is 7.69. The van der Waals surface area contributed by atoms with E-state index in [1.807, 2.05) is 135 Å². The van der Waals surface area contributed by atoms with Crippen LogP contribution in [0.4, 0.5) is 8.78 Å². The van der Waals surface area contributed by atoms with Crippen LogP contribution in [0.1, 0.15) is 23.6 Å². The van der Waals surface area contributed by atoms with Gasteiger partial charge in [-0.3, -0.25) is 9.97 Å². The Balaban J connectivity index is 1.16. The maximum Gasteiger partial charge on any atom is 0.167 e. The van der Waals surface area contributed by atoms with E-state index in [0.29, 0.717) is 16.7 Å². The molecule has 288 valence electrons. The summed E-state index contributed by atoms with van der Waals surface area (Å²) in [6.45, 7) is 12.2. The highest BCUT2D eigenvalue weighted by Crippen LogP contribution is 2.35. The molecule has 0 saturated heterocycles. The first-order valence-corrected chi connectivity index (χ1v) is 19.5. The van der Waals surface area contributed by atoms with Crippen LogP contribution in [-0.4, -0.2) is 24.9 Å². The number of nitrogens with zero attached hydrogens (tertiary/aromatic N) is 5. The van der Waals surface area contributed by atoms with Gasteiger partial charge in [0.05, 0.1) is 22.2 Å². The van der Waals surface area contributed by atoms with E-state index in [0.717, 1.165) is 65.3 Å². The number of halogens is 2. The average molecular weight is 782 g/mol. The molecule has 3 aromatic heterocycles. The number of fused-ring (bicyclic) bond motifs is 4. The van der Waals surface area contributed by atoms with Crippen LogP contribution in [-0.2, 0) is 0 Å². The quantitative estimate of drug-likeness (QED) is 0.113. The van der Waals surface area contributed by atoms with Gasteiger partial charge in [0.1, 0.15) is 11.6 Å². The second-order valence-electron chi connectivity index (χ2n) is 14.5. The van der Waals surface area contributed by atoms with Crippen molar-refractivity contribution < 1.29 is 8.78 Å². The third-order valence-electron chi connectivity index (χ3n) is 10.8. The molecule has 0 spiro atoms. The first-order chi connectivity index (χ1) is 29.3. The van der Waals surface area contributed by atoms with Crippen LogP contribution in [0.3, 0.4) is 0 Å². The third-order valence-corrected chi connectivity index (χ3v) is 10.8. The summed E-state index contributed by atoms with van der Waals surface area (Å²) >= 11 is 0. The molecule has 0 unspecified atom stereocenters. The van der Waals surface area contributed by atoms with Gasteiger partial charge in [-0.15, -0.1) is 0 Å². The van der Waals surface area contributed by atoms with Gasteiger partial charge in [0.2, 0.25) is 0 Å². The summed E-state index contributed by atoms with van der Waals surface area (Å²) in [5.74, 6) is -0.650. The number of hydrogen-bond donors (Lipinski definition) is 0. The highest BCUT2D eigenvalue weighted by atomic mass is 19.1. The van der Waals surface area contributed by atoms with Gasteiger partial charge in [0, 0.05) is 28.7 Å². The van der Waals surface area contributed by atoms with Crippen molar-refractivity contribution >= 4 is 50.8 Å². The van der Waals surface area contributed by atoms with Gasteiger partial charge in [-0.1, -0.05) is 122 Å². The summed E-state index contributed by atoms with van der Waals surface area (Å²) in [5.41, 5.74) is 7.27. The van der Waals surface area contributed by atoms with Crippen LogP contribution in [0, 0.1) is 18.6 Å². The van der Waals surface area contributed by atoms with Crippen LogP contribution in [0.5, 0.6) is 0 Å². The molecule has 9 rings (SSSR count). The fraction of sp³-hybridized carbons (Fsp3) is 0.0377. The maximum absolute atomic E-state index is 16.6. The fourth-order valence-corrected chi connectivity index (χ4v) is 7.69. The minimum atomic E-state index is -0.544. The topological polar surface area (TPSA) is 64.5 Å². The van der Waals surface area contributed by atoms with Crippen LogP contribution in [0.2, 0.25) is 0 Å². The first-order valence-electron chi connectivity index (χ1n) is 19.5. The lowest BCUT2D eigenvalue weighted by Crippen LogP contribution is -2.26. The zero-order valence-electron chi connectivity index (χ0n) is 33.0. The van der Waals surface area contributed by atoms with Crippen molar-refractivity contribution in [2.75, 3.05) is 0 Å². The smallest absolute Gasteiger partial charge is 0.167 e. The molecule has 0 aliphatic heterocycles. The predicted molar refractivity (Wildman–Crippen MR) is 242 cm³/mol. The van der Waals surface area contributed by atoms with Gasteiger partial charge >= 0.3 is 0 Å². The zero-order valence-corrected chi connectivity index (χ0v) is 33.0. The summed E-state index contributed by atoms with van der Waals surface area (Å²) in [6, 6.07) is 37.5. The van der Waals surface area contributed by atoms with E-state index >= 15 is 8.78 Å². The maximum atomic E-state index is 16.6. The molecule has 0 saturated carbocycles. The van der Waals surface area contributed by atoms with Gasteiger partial charge in [-0.25, -0.2) is 23.7 Å². The van der Waals surface area contributed by atoms with E-state index in [1.165, 1.54) is 12.1 Å². The molecule has 6 aromatic carbocycles. The van der Waals surface area contributed by atoms with Crippen LogP contribution < -0.4 is 10.4 Å². The Morgan fingerprint density at radius 2 is 1.32 bits per heavy atom. The summed E-state index contributed by atoms with van der Waals surface area (Å²) in [7, 11) is 0. The van der Waals surface area contributed by atoms with Crippen molar-refractivity contribution in [1.29, 1.82) is 0 Å². The highest BCUT2D eigenvalue weighted by Gasteiger charge is 2.20. The monoisotopic (exact) mass is 781 g/mol. The van der Waals surface area contributed by atoms with Crippen LogP contribution in [0.25, 0.3) is 96.1 Å². The normalized spacial score (nSPS) is 12.3. The van der Waals surface area contributed by atoms with Gasteiger partial charge in [-0.05, 0) is 111 Å². The molecule has 0 aliphatic rings. The molecule has 9 aromatic rings. The second kappa shape index (κ2) is 15.9. The average Bonchev–Trinajstić information content (AvgIpc) is 3.28. The number of benzene rings is 6. The van der Waals surface area contributed by atoms with Crippen molar-refractivity contribution in [1.82, 2.24) is 24.9 Å². The molecule has 0 fully saturated rings. The van der Waals surface area contributed by atoms with Crippen molar-refractivity contribution in [2.45, 2.75) is 13.8 Å². The van der Waals surface area contributed by atoms with Crippen molar-refractivity contribution in [3.63, 3.8) is 0 Å². The molecule has 0 atom stereocenters. The molecular formula is C53H37F2N5.